The van der Waals surface area contributed by atoms with Gasteiger partial charge >= 0.3 is 19.4 Å². The standard InChI is InChI=1S/C26H31N6O9P/c1-4-14-38-23(35)16(2)29-42(37,41-19-11-7-9-17-8-5-6-10-18(17)19)39-15-20-22(34)26(3,30-31-27)24(40-20)32-13-12-21(33)28-25(32)36/h5-13,16,20,22,24,34H,4,14-15H2,1-3H3,(H,29,37)(H,28,33,36)/t16-,20+,22+,24+,26+,42-/m0/s1. The van der Waals surface area contributed by atoms with Crippen LogP contribution in [0.5, 0.6) is 5.75 Å². The number of aromatic amines is 1. The molecule has 0 radical (unpaired) electrons. The number of fused-ring (bicyclic) bond motifs is 1. The SMILES string of the molecule is CCCOC(=O)[C@H](C)N[P@](=O)(OC[C@H]1O[C@@H](n2ccc(=O)[nH]c2=O)[C@](C)(N=[N+]=[N-])[C@@H]1O)Oc1cccc2ccccc12. The van der Waals surface area contributed by atoms with Crippen LogP contribution in [-0.4, -0.2) is 57.6 Å². The van der Waals surface area contributed by atoms with Gasteiger partial charge in [-0.25, -0.2) is 9.36 Å². The Morgan fingerprint density at radius 1 is 1.29 bits per heavy atom. The van der Waals surface area contributed by atoms with Crippen LogP contribution in [0.4, 0.5) is 0 Å². The third-order valence-corrected chi connectivity index (χ3v) is 8.28. The molecule has 42 heavy (non-hydrogen) atoms. The van der Waals surface area contributed by atoms with Crippen LogP contribution < -0.4 is 20.9 Å². The van der Waals surface area contributed by atoms with Gasteiger partial charge in [0.1, 0.15) is 23.4 Å². The van der Waals surface area contributed by atoms with Crippen molar-refractivity contribution in [3.8, 4) is 5.75 Å². The maximum Gasteiger partial charge on any atom is 0.459 e. The second-order valence-electron chi connectivity index (χ2n) is 9.78. The molecule has 6 atom stereocenters. The lowest BCUT2D eigenvalue weighted by Gasteiger charge is -2.28. The predicted molar refractivity (Wildman–Crippen MR) is 151 cm³/mol. The Balaban J connectivity index is 1.63. The Hall–Kier alpha value is -3.97. The van der Waals surface area contributed by atoms with Crippen LogP contribution >= 0.6 is 7.75 Å². The van der Waals surface area contributed by atoms with Gasteiger partial charge in [0.2, 0.25) is 0 Å². The molecule has 16 heteroatoms. The molecular formula is C26H31N6O9P. The van der Waals surface area contributed by atoms with Gasteiger partial charge in [0.15, 0.2) is 6.23 Å². The summed E-state index contributed by atoms with van der Waals surface area (Å²) in [6, 6.07) is 12.3. The van der Waals surface area contributed by atoms with Crippen LogP contribution in [0.15, 0.2) is 69.4 Å². The summed E-state index contributed by atoms with van der Waals surface area (Å²) in [6.45, 7) is 4.19. The van der Waals surface area contributed by atoms with E-state index >= 15 is 0 Å². The number of nitrogens with zero attached hydrogens (tertiary/aromatic N) is 4. The Labute approximate surface area is 239 Å². The van der Waals surface area contributed by atoms with Gasteiger partial charge in [-0.2, -0.15) is 5.09 Å². The number of hydrogen-bond donors (Lipinski definition) is 3. The molecule has 4 rings (SSSR count). The van der Waals surface area contributed by atoms with Crippen molar-refractivity contribution in [2.75, 3.05) is 13.2 Å². The molecule has 1 saturated heterocycles. The third-order valence-electron chi connectivity index (χ3n) is 6.65. The normalized spacial score (nSPS) is 24.0. The molecule has 0 spiro atoms. The van der Waals surface area contributed by atoms with Crippen molar-refractivity contribution >= 4 is 24.5 Å². The maximum absolute atomic E-state index is 14.1. The predicted octanol–water partition coefficient (Wildman–Crippen LogP) is 3.15. The lowest BCUT2D eigenvalue weighted by atomic mass is 9.93. The zero-order chi connectivity index (χ0) is 30.5. The number of aliphatic hydroxyl groups excluding tert-OH is 1. The number of carbonyl (C=O) groups excluding carboxylic acids is 1. The van der Waals surface area contributed by atoms with E-state index < -0.39 is 61.6 Å². The molecule has 2 aromatic carbocycles. The first-order valence-corrected chi connectivity index (χ1v) is 14.6. The molecule has 1 aliphatic heterocycles. The van der Waals surface area contributed by atoms with Gasteiger partial charge in [0, 0.05) is 22.6 Å². The topological polar surface area (TPSA) is 207 Å². The molecular weight excluding hydrogens is 571 g/mol. The summed E-state index contributed by atoms with van der Waals surface area (Å²) in [4.78, 5) is 41.4. The number of azide groups is 1. The van der Waals surface area contributed by atoms with E-state index in [0.29, 0.717) is 11.8 Å². The van der Waals surface area contributed by atoms with Crippen molar-refractivity contribution in [3.05, 3.63) is 86.0 Å². The average Bonchev–Trinajstić information content (AvgIpc) is 3.20. The van der Waals surface area contributed by atoms with E-state index in [1.807, 2.05) is 25.1 Å². The second kappa shape index (κ2) is 12.9. The first-order valence-electron chi connectivity index (χ1n) is 13.1. The Morgan fingerprint density at radius 3 is 2.74 bits per heavy atom. The Bertz CT molecular complexity index is 1650. The lowest BCUT2D eigenvalue weighted by Crippen LogP contribution is -2.45. The zero-order valence-electron chi connectivity index (χ0n) is 23.1. The van der Waals surface area contributed by atoms with Gasteiger partial charge in [-0.3, -0.25) is 23.7 Å². The van der Waals surface area contributed by atoms with Crippen LogP contribution in [-0.2, 0) is 23.4 Å². The van der Waals surface area contributed by atoms with Crippen LogP contribution in [0.25, 0.3) is 21.2 Å². The molecule has 1 aliphatic rings. The van der Waals surface area contributed by atoms with Crippen molar-refractivity contribution in [2.45, 2.75) is 57.2 Å². The molecule has 1 fully saturated rings. The quantitative estimate of drug-likeness (QED) is 0.0907. The molecule has 0 amide bonds. The van der Waals surface area contributed by atoms with Gasteiger partial charge < -0.3 is 19.1 Å². The summed E-state index contributed by atoms with van der Waals surface area (Å²) in [5, 5.41) is 18.8. The monoisotopic (exact) mass is 602 g/mol. The summed E-state index contributed by atoms with van der Waals surface area (Å²) >= 11 is 0. The van der Waals surface area contributed by atoms with Crippen molar-refractivity contribution in [2.24, 2.45) is 5.11 Å². The first kappa shape index (κ1) is 31.0. The van der Waals surface area contributed by atoms with Gasteiger partial charge in [0.05, 0.1) is 19.3 Å². The van der Waals surface area contributed by atoms with E-state index in [-0.39, 0.29) is 12.4 Å². The number of hydrogen-bond acceptors (Lipinski definition) is 10. The number of rotatable bonds is 12. The van der Waals surface area contributed by atoms with Crippen LogP contribution in [0.1, 0.15) is 33.4 Å². The molecule has 0 aliphatic carbocycles. The third kappa shape index (κ3) is 6.57. The van der Waals surface area contributed by atoms with E-state index in [1.54, 1.807) is 24.3 Å². The number of H-pyrrole nitrogens is 1. The summed E-state index contributed by atoms with van der Waals surface area (Å²) in [5.41, 5.74) is 5.92. The number of aliphatic hydroxyl groups is 1. The largest absolute Gasteiger partial charge is 0.465 e. The summed E-state index contributed by atoms with van der Waals surface area (Å²) in [7, 11) is -4.39. The van der Waals surface area contributed by atoms with Crippen molar-refractivity contribution in [1.82, 2.24) is 14.6 Å². The maximum atomic E-state index is 14.1. The number of esters is 1. The Morgan fingerprint density at radius 2 is 2.02 bits per heavy atom. The average molecular weight is 603 g/mol. The molecule has 224 valence electrons. The van der Waals surface area contributed by atoms with Gasteiger partial charge in [-0.15, -0.1) is 0 Å². The lowest BCUT2D eigenvalue weighted by molar-refractivity contribution is -0.145. The fourth-order valence-corrected chi connectivity index (χ4v) is 6.00. The summed E-state index contributed by atoms with van der Waals surface area (Å²) < 4.78 is 37.7. The highest BCUT2D eigenvalue weighted by molar-refractivity contribution is 7.52. The second-order valence-corrected chi connectivity index (χ2v) is 11.5. The van der Waals surface area contributed by atoms with Gasteiger partial charge in [-0.05, 0) is 37.3 Å². The fourth-order valence-electron chi connectivity index (χ4n) is 4.48. The zero-order valence-corrected chi connectivity index (χ0v) is 24.0. The summed E-state index contributed by atoms with van der Waals surface area (Å²) in [5.74, 6) is -0.490. The van der Waals surface area contributed by atoms with Crippen molar-refractivity contribution < 1.29 is 33.0 Å². The minimum atomic E-state index is -4.39. The minimum Gasteiger partial charge on any atom is -0.465 e. The van der Waals surface area contributed by atoms with E-state index in [1.165, 1.54) is 13.8 Å². The Kier molecular flexibility index (Phi) is 9.52. The number of carbonyl (C=O) groups is 1. The molecule has 15 nitrogen and oxygen atoms in total. The van der Waals surface area contributed by atoms with Crippen molar-refractivity contribution in [1.29, 1.82) is 0 Å². The highest BCUT2D eigenvalue weighted by atomic mass is 31.2. The summed E-state index contributed by atoms with van der Waals surface area (Å²) in [6.07, 6.45) is -2.50. The van der Waals surface area contributed by atoms with E-state index in [9.17, 15) is 29.6 Å². The molecule has 3 N–H and O–H groups in total. The molecule has 2 heterocycles. The molecule has 1 aromatic heterocycles. The molecule has 0 unspecified atom stereocenters. The van der Waals surface area contributed by atoms with Crippen molar-refractivity contribution in [3.63, 3.8) is 0 Å². The van der Waals surface area contributed by atoms with Crippen LogP contribution in [0.3, 0.4) is 0 Å². The first-order chi connectivity index (χ1) is 20.0. The smallest absolute Gasteiger partial charge is 0.459 e. The highest BCUT2D eigenvalue weighted by Gasteiger charge is 2.55. The fraction of sp³-hybridized carbons (Fsp3) is 0.423. The molecule has 0 saturated carbocycles. The minimum absolute atomic E-state index is 0.159. The number of ether oxygens (including phenoxy) is 2. The van der Waals surface area contributed by atoms with Gasteiger partial charge in [0.25, 0.3) is 5.56 Å². The molecule has 0 bridgehead atoms. The molecule has 3 aromatic rings. The van der Waals surface area contributed by atoms with E-state index in [0.717, 1.165) is 22.2 Å². The number of benzene rings is 2. The van der Waals surface area contributed by atoms with Crippen LogP contribution in [0, 0.1) is 0 Å². The van der Waals surface area contributed by atoms with Gasteiger partial charge in [-0.1, -0.05) is 48.4 Å². The van der Waals surface area contributed by atoms with Crippen LogP contribution in [0.2, 0.25) is 0 Å². The van der Waals surface area contributed by atoms with E-state index in [4.69, 9.17) is 18.5 Å². The number of nitrogens with one attached hydrogen (secondary N) is 2. The van der Waals surface area contributed by atoms with E-state index in [2.05, 4.69) is 20.1 Å². The highest BCUT2D eigenvalue weighted by Crippen LogP contribution is 2.48. The number of aromatic nitrogens is 2.